The van der Waals surface area contributed by atoms with Crippen molar-refractivity contribution in [3.63, 3.8) is 0 Å². The van der Waals surface area contributed by atoms with Crippen LogP contribution in [0.5, 0.6) is 5.75 Å². The number of nitrogens with one attached hydrogen (secondary N) is 2. The minimum Gasteiger partial charge on any atom is -0.495 e. The van der Waals surface area contributed by atoms with E-state index in [9.17, 15) is 8.42 Å². The molecule has 0 spiro atoms. The number of rotatable bonds is 9. The predicted octanol–water partition coefficient (Wildman–Crippen LogP) is 2.53. The Bertz CT molecular complexity index is 996. The molecule has 0 radical (unpaired) electrons. The van der Waals surface area contributed by atoms with Gasteiger partial charge in [-0.2, -0.15) is 0 Å². The van der Waals surface area contributed by atoms with Crippen molar-refractivity contribution in [1.82, 2.24) is 10.2 Å². The highest BCUT2D eigenvalue weighted by molar-refractivity contribution is 7.92. The number of morpholine rings is 1. The van der Waals surface area contributed by atoms with Gasteiger partial charge in [-0.1, -0.05) is 18.2 Å². The van der Waals surface area contributed by atoms with E-state index in [2.05, 4.69) is 15.5 Å². The topological polar surface area (TPSA) is 83.1 Å². The van der Waals surface area contributed by atoms with Crippen LogP contribution in [0, 0.1) is 0 Å². The van der Waals surface area contributed by atoms with Crippen LogP contribution < -0.4 is 19.7 Å². The lowest BCUT2D eigenvalue weighted by molar-refractivity contribution is 0.0389. The molecule has 1 aliphatic heterocycles. The third kappa shape index (κ3) is 6.10. The van der Waals surface area contributed by atoms with Crippen LogP contribution in [0.4, 0.5) is 11.4 Å². The van der Waals surface area contributed by atoms with E-state index in [1.807, 2.05) is 18.2 Å². The molecule has 32 heavy (non-hydrogen) atoms. The Morgan fingerprint density at radius 3 is 2.56 bits per heavy atom. The van der Waals surface area contributed by atoms with Crippen LogP contribution in [-0.2, 0) is 14.8 Å². The largest absolute Gasteiger partial charge is 0.495 e. The molecule has 1 heterocycles. The van der Waals surface area contributed by atoms with Crippen molar-refractivity contribution in [1.29, 1.82) is 0 Å². The smallest absolute Gasteiger partial charge is 0.264 e. The van der Waals surface area contributed by atoms with Gasteiger partial charge < -0.3 is 20.1 Å². The van der Waals surface area contributed by atoms with Gasteiger partial charge in [-0.15, -0.1) is 0 Å². The van der Waals surface area contributed by atoms with Gasteiger partial charge in [0.05, 0.1) is 36.6 Å². The summed E-state index contributed by atoms with van der Waals surface area (Å²) < 4.78 is 38.8. The molecule has 0 unspecified atom stereocenters. The van der Waals surface area contributed by atoms with Gasteiger partial charge in [0.1, 0.15) is 5.75 Å². The normalized spacial score (nSPS) is 14.6. The summed E-state index contributed by atoms with van der Waals surface area (Å²) in [6.45, 7) is 6.94. The highest BCUT2D eigenvalue weighted by atomic mass is 32.2. The van der Waals surface area contributed by atoms with Crippen molar-refractivity contribution in [2.75, 3.05) is 62.7 Å². The molecule has 0 aromatic heterocycles. The summed E-state index contributed by atoms with van der Waals surface area (Å²) in [6.07, 6.45) is 0. The van der Waals surface area contributed by atoms with Crippen molar-refractivity contribution in [2.45, 2.75) is 11.8 Å². The second-order valence-electron chi connectivity index (χ2n) is 7.20. The van der Waals surface area contributed by atoms with Crippen LogP contribution in [0.25, 0.3) is 0 Å². The number of nitrogens with zero attached hydrogens (tertiary/aromatic N) is 2. The van der Waals surface area contributed by atoms with Gasteiger partial charge in [0, 0.05) is 32.7 Å². The fourth-order valence-electron chi connectivity index (χ4n) is 3.48. The lowest BCUT2D eigenvalue weighted by atomic mass is 10.3. The molecule has 1 aliphatic rings. The summed E-state index contributed by atoms with van der Waals surface area (Å²) in [5.41, 5.74) is 1.10. The molecule has 174 valence electrons. The average molecular weight is 479 g/mol. The van der Waals surface area contributed by atoms with Gasteiger partial charge >= 0.3 is 0 Å². The summed E-state index contributed by atoms with van der Waals surface area (Å²) in [5, 5.41) is 6.65. The van der Waals surface area contributed by atoms with Gasteiger partial charge in [0.25, 0.3) is 10.0 Å². The lowest BCUT2D eigenvalue weighted by Gasteiger charge is -2.26. The predicted molar refractivity (Wildman–Crippen MR) is 131 cm³/mol. The van der Waals surface area contributed by atoms with Crippen LogP contribution in [0.3, 0.4) is 0 Å². The van der Waals surface area contributed by atoms with Gasteiger partial charge in [-0.3, -0.25) is 9.21 Å². The van der Waals surface area contributed by atoms with E-state index in [1.54, 1.807) is 37.3 Å². The van der Waals surface area contributed by atoms with E-state index in [0.717, 1.165) is 32.8 Å². The number of hydrogen-bond donors (Lipinski definition) is 2. The zero-order chi connectivity index (χ0) is 23.0. The van der Waals surface area contributed by atoms with Crippen molar-refractivity contribution in [2.24, 2.45) is 0 Å². The molecule has 3 rings (SSSR count). The monoisotopic (exact) mass is 478 g/mol. The Morgan fingerprint density at radius 2 is 1.91 bits per heavy atom. The second-order valence-corrected chi connectivity index (χ2v) is 9.47. The molecule has 2 aromatic carbocycles. The minimum atomic E-state index is -3.76. The van der Waals surface area contributed by atoms with Crippen LogP contribution in [0.2, 0.25) is 0 Å². The van der Waals surface area contributed by atoms with E-state index in [-0.39, 0.29) is 4.90 Å². The van der Waals surface area contributed by atoms with E-state index < -0.39 is 10.0 Å². The van der Waals surface area contributed by atoms with E-state index >= 15 is 0 Å². The molecule has 0 bridgehead atoms. The van der Waals surface area contributed by atoms with Gasteiger partial charge in [-0.05, 0) is 49.5 Å². The standard InChI is InChI=1S/C22H30N4O4S2/c1-3-26(18-7-5-4-6-8-18)32(27,28)19-9-10-21(29-2)20(17-19)24-22(31)23-11-12-25-13-15-30-16-14-25/h4-10,17H,3,11-16H2,1-2H3,(H2,23,24,31). The number of ether oxygens (including phenoxy) is 2. The number of sulfonamides is 1. The first-order valence-corrected chi connectivity index (χ1v) is 12.4. The first kappa shape index (κ1) is 24.2. The second kappa shape index (κ2) is 11.5. The molecule has 0 atom stereocenters. The first-order valence-electron chi connectivity index (χ1n) is 10.6. The van der Waals surface area contributed by atoms with Gasteiger partial charge in [0.15, 0.2) is 5.11 Å². The molecule has 0 amide bonds. The number of anilines is 2. The Kier molecular flexibility index (Phi) is 8.68. The molecular formula is C22H30N4O4S2. The van der Waals surface area contributed by atoms with E-state index in [4.69, 9.17) is 21.7 Å². The highest BCUT2D eigenvalue weighted by Gasteiger charge is 2.25. The molecule has 1 saturated heterocycles. The summed E-state index contributed by atoms with van der Waals surface area (Å²) in [4.78, 5) is 2.46. The van der Waals surface area contributed by atoms with E-state index in [1.165, 1.54) is 11.4 Å². The Morgan fingerprint density at radius 1 is 1.19 bits per heavy atom. The maximum Gasteiger partial charge on any atom is 0.264 e. The van der Waals surface area contributed by atoms with Gasteiger partial charge in [0.2, 0.25) is 0 Å². The molecule has 2 N–H and O–H groups in total. The van der Waals surface area contributed by atoms with Crippen LogP contribution in [0.1, 0.15) is 6.92 Å². The van der Waals surface area contributed by atoms with Crippen molar-refractivity contribution in [3.8, 4) is 5.75 Å². The highest BCUT2D eigenvalue weighted by Crippen LogP contribution is 2.30. The molecule has 1 fully saturated rings. The van der Waals surface area contributed by atoms with Crippen LogP contribution in [-0.4, -0.2) is 71.5 Å². The Balaban J connectivity index is 1.72. The van der Waals surface area contributed by atoms with Crippen molar-refractivity contribution < 1.29 is 17.9 Å². The summed E-state index contributed by atoms with van der Waals surface area (Å²) in [7, 11) is -2.23. The summed E-state index contributed by atoms with van der Waals surface area (Å²) >= 11 is 5.42. The van der Waals surface area contributed by atoms with Gasteiger partial charge in [-0.25, -0.2) is 8.42 Å². The summed E-state index contributed by atoms with van der Waals surface area (Å²) in [5.74, 6) is 0.504. The third-order valence-corrected chi connectivity index (χ3v) is 7.30. The fraction of sp³-hybridized carbons (Fsp3) is 0.409. The van der Waals surface area contributed by atoms with Crippen LogP contribution >= 0.6 is 12.2 Å². The molecule has 10 heteroatoms. The molecule has 0 saturated carbocycles. The molecule has 0 aliphatic carbocycles. The third-order valence-electron chi connectivity index (χ3n) is 5.16. The van der Waals surface area contributed by atoms with Crippen LogP contribution in [0.15, 0.2) is 53.4 Å². The number of hydrogen-bond acceptors (Lipinski definition) is 6. The zero-order valence-electron chi connectivity index (χ0n) is 18.4. The molecular weight excluding hydrogens is 448 g/mol. The molecule has 8 nitrogen and oxygen atoms in total. The molecule has 2 aromatic rings. The SMILES string of the molecule is CCN(c1ccccc1)S(=O)(=O)c1ccc(OC)c(NC(=S)NCCN2CCOCC2)c1. The maximum absolute atomic E-state index is 13.3. The quantitative estimate of drug-likeness (QED) is 0.532. The van der Waals surface area contributed by atoms with Crippen molar-refractivity contribution >= 4 is 38.7 Å². The number of thiocarbonyl (C=S) groups is 1. The zero-order valence-corrected chi connectivity index (χ0v) is 20.0. The van der Waals surface area contributed by atoms with Crippen molar-refractivity contribution in [3.05, 3.63) is 48.5 Å². The number of benzene rings is 2. The number of methoxy groups -OCH3 is 1. The Hall–Kier alpha value is -2.40. The minimum absolute atomic E-state index is 0.155. The summed E-state index contributed by atoms with van der Waals surface area (Å²) in [6, 6.07) is 13.8. The van der Waals surface area contributed by atoms with E-state index in [0.29, 0.717) is 35.3 Å². The maximum atomic E-state index is 13.3. The lowest BCUT2D eigenvalue weighted by Crippen LogP contribution is -2.42. The Labute approximate surface area is 195 Å². The number of para-hydroxylation sites is 1. The fourth-order valence-corrected chi connectivity index (χ4v) is 5.19. The first-order chi connectivity index (χ1) is 15.5. The average Bonchev–Trinajstić information content (AvgIpc) is 2.80.